The third-order valence-corrected chi connectivity index (χ3v) is 3.08. The van der Waals surface area contributed by atoms with Gasteiger partial charge in [0.25, 0.3) is 0 Å². The largest absolute Gasteiger partial charge is 0.396 e. The molecular weight excluding hydrogens is 232 g/mol. The van der Waals surface area contributed by atoms with Crippen LogP contribution in [0.5, 0.6) is 0 Å². The van der Waals surface area contributed by atoms with Gasteiger partial charge in [0.1, 0.15) is 11.6 Å². The Morgan fingerprint density at radius 2 is 1.94 bits per heavy atom. The minimum absolute atomic E-state index is 0.0866. The molecule has 0 aliphatic heterocycles. The van der Waals surface area contributed by atoms with Crippen molar-refractivity contribution in [3.8, 4) is 0 Å². The number of halogens is 2. The molecule has 0 saturated carbocycles. The Bertz CT molecular complexity index is 630. The van der Waals surface area contributed by atoms with Gasteiger partial charge in [-0.3, -0.25) is 0 Å². The van der Waals surface area contributed by atoms with E-state index < -0.39 is 11.6 Å². The van der Waals surface area contributed by atoms with Crippen LogP contribution < -0.4 is 5.73 Å². The molecule has 94 valence electrons. The highest BCUT2D eigenvalue weighted by atomic mass is 19.1. The molecule has 3 heteroatoms. The van der Waals surface area contributed by atoms with E-state index >= 15 is 0 Å². The minimum atomic E-state index is -0.466. The topological polar surface area (TPSA) is 26.0 Å². The number of nitrogens with two attached hydrogens (primary N) is 1. The van der Waals surface area contributed by atoms with E-state index in [1.165, 1.54) is 18.2 Å². The summed E-state index contributed by atoms with van der Waals surface area (Å²) in [6.07, 6.45) is 1.42. The molecule has 0 heterocycles. The van der Waals surface area contributed by atoms with Crippen molar-refractivity contribution in [3.05, 3.63) is 47.5 Å². The van der Waals surface area contributed by atoms with Crippen molar-refractivity contribution in [2.45, 2.75) is 19.8 Å². The fraction of sp³-hybridized carbons (Fsp3) is 0.200. The van der Waals surface area contributed by atoms with E-state index in [-0.39, 0.29) is 11.6 Å². The quantitative estimate of drug-likeness (QED) is 0.779. The van der Waals surface area contributed by atoms with Crippen LogP contribution in [0.1, 0.15) is 30.9 Å². The molecule has 2 aromatic carbocycles. The second kappa shape index (κ2) is 4.41. The summed E-state index contributed by atoms with van der Waals surface area (Å²) in [4.78, 5) is 0. The zero-order valence-corrected chi connectivity index (χ0v) is 10.4. The van der Waals surface area contributed by atoms with Crippen molar-refractivity contribution < 1.29 is 8.78 Å². The minimum Gasteiger partial charge on any atom is -0.396 e. The molecule has 0 amide bonds. The van der Waals surface area contributed by atoms with Crippen LogP contribution in [0.15, 0.2) is 24.8 Å². The van der Waals surface area contributed by atoms with Crippen LogP contribution in [0.3, 0.4) is 0 Å². The van der Waals surface area contributed by atoms with Gasteiger partial charge in [-0.1, -0.05) is 32.6 Å². The van der Waals surface area contributed by atoms with Crippen LogP contribution in [-0.4, -0.2) is 0 Å². The summed E-state index contributed by atoms with van der Waals surface area (Å²) in [5, 5.41) is 1.29. The highest BCUT2D eigenvalue weighted by Crippen LogP contribution is 2.35. The van der Waals surface area contributed by atoms with Crippen LogP contribution in [0.4, 0.5) is 14.5 Å². The molecular formula is C15H15F2N. The maximum Gasteiger partial charge on any atom is 0.150 e. The molecule has 0 aromatic heterocycles. The van der Waals surface area contributed by atoms with Gasteiger partial charge < -0.3 is 5.73 Å². The molecule has 2 aromatic rings. The van der Waals surface area contributed by atoms with Crippen LogP contribution in [0.25, 0.3) is 16.8 Å². The Hall–Kier alpha value is -1.90. The van der Waals surface area contributed by atoms with E-state index in [0.29, 0.717) is 16.5 Å². The lowest BCUT2D eigenvalue weighted by Crippen LogP contribution is -2.02. The number of anilines is 1. The Kier molecular flexibility index (Phi) is 3.07. The Morgan fingerprint density at radius 3 is 2.50 bits per heavy atom. The summed E-state index contributed by atoms with van der Waals surface area (Å²) in [5.74, 6) is -0.953. The lowest BCUT2D eigenvalue weighted by Gasteiger charge is -2.16. The van der Waals surface area contributed by atoms with Crippen LogP contribution in [0, 0.1) is 11.6 Å². The predicted octanol–water partition coefficient (Wildman–Crippen LogP) is 4.47. The number of fused-ring (bicyclic) bond motifs is 1. The predicted molar refractivity (Wildman–Crippen MR) is 72.5 cm³/mol. The molecule has 0 radical (unpaired) electrons. The van der Waals surface area contributed by atoms with Crippen molar-refractivity contribution in [2.24, 2.45) is 0 Å². The van der Waals surface area contributed by atoms with Crippen LogP contribution in [0.2, 0.25) is 0 Å². The third-order valence-electron chi connectivity index (χ3n) is 3.08. The maximum atomic E-state index is 14.1. The fourth-order valence-electron chi connectivity index (χ4n) is 2.27. The summed E-state index contributed by atoms with van der Waals surface area (Å²) < 4.78 is 27.9. The zero-order chi connectivity index (χ0) is 13.4. The fourth-order valence-corrected chi connectivity index (χ4v) is 2.27. The highest BCUT2D eigenvalue weighted by molar-refractivity contribution is 5.96. The lowest BCUT2D eigenvalue weighted by molar-refractivity contribution is 0.605. The van der Waals surface area contributed by atoms with E-state index in [4.69, 9.17) is 5.73 Å². The molecule has 1 nitrogen and oxygen atoms in total. The number of nitrogen functional groups attached to an aromatic ring is 1. The van der Waals surface area contributed by atoms with Gasteiger partial charge >= 0.3 is 0 Å². The summed E-state index contributed by atoms with van der Waals surface area (Å²) in [6, 6.07) is 4.49. The molecule has 0 bridgehead atoms. The molecule has 0 fully saturated rings. The Morgan fingerprint density at radius 1 is 1.28 bits per heavy atom. The van der Waals surface area contributed by atoms with Gasteiger partial charge in [0, 0.05) is 11.1 Å². The third kappa shape index (κ3) is 1.76. The standard InChI is InChI=1S/C15H15F2N/c1-4-10-11(16)6-5-9-7-12(18)15(17)13(8(2)3)14(9)10/h4-8H,1,18H2,2-3H3. The van der Waals surface area contributed by atoms with Crippen molar-refractivity contribution in [1.82, 2.24) is 0 Å². The molecule has 0 spiro atoms. The van der Waals surface area contributed by atoms with Gasteiger partial charge in [-0.2, -0.15) is 0 Å². The SMILES string of the molecule is C=Cc1c(F)ccc2cc(N)c(F)c(C(C)C)c12. The molecule has 0 aliphatic carbocycles. The Balaban J connectivity index is 3.05. The second-order valence-electron chi connectivity index (χ2n) is 4.61. The first kappa shape index (κ1) is 12.6. The van der Waals surface area contributed by atoms with Crippen LogP contribution >= 0.6 is 0 Å². The summed E-state index contributed by atoms with van der Waals surface area (Å²) in [6.45, 7) is 7.31. The van der Waals surface area contributed by atoms with Gasteiger partial charge in [-0.05, 0) is 28.8 Å². The normalized spacial score (nSPS) is 11.2. The second-order valence-corrected chi connectivity index (χ2v) is 4.61. The average molecular weight is 247 g/mol. The van der Waals surface area contributed by atoms with Crippen molar-refractivity contribution >= 4 is 22.5 Å². The first-order chi connectivity index (χ1) is 8.47. The van der Waals surface area contributed by atoms with E-state index in [1.54, 1.807) is 6.07 Å². The molecule has 2 rings (SSSR count). The molecule has 0 unspecified atom stereocenters. The Labute approximate surface area is 105 Å². The highest BCUT2D eigenvalue weighted by Gasteiger charge is 2.18. The summed E-state index contributed by atoms with van der Waals surface area (Å²) >= 11 is 0. The van der Waals surface area contributed by atoms with Gasteiger partial charge in [0.2, 0.25) is 0 Å². The molecule has 2 N–H and O–H groups in total. The number of rotatable bonds is 2. The van der Waals surface area contributed by atoms with Crippen LogP contribution in [-0.2, 0) is 0 Å². The van der Waals surface area contributed by atoms with E-state index in [2.05, 4.69) is 6.58 Å². The number of benzene rings is 2. The monoisotopic (exact) mass is 247 g/mol. The zero-order valence-electron chi connectivity index (χ0n) is 10.4. The molecule has 18 heavy (non-hydrogen) atoms. The average Bonchev–Trinajstić information content (AvgIpc) is 2.31. The van der Waals surface area contributed by atoms with Gasteiger partial charge in [-0.15, -0.1) is 0 Å². The summed E-state index contributed by atoms with van der Waals surface area (Å²) in [7, 11) is 0. The van der Waals surface area contributed by atoms with E-state index in [1.807, 2.05) is 13.8 Å². The van der Waals surface area contributed by atoms with Gasteiger partial charge in [-0.25, -0.2) is 8.78 Å². The maximum absolute atomic E-state index is 14.1. The first-order valence-electron chi connectivity index (χ1n) is 5.79. The first-order valence-corrected chi connectivity index (χ1v) is 5.79. The molecule has 0 atom stereocenters. The smallest absolute Gasteiger partial charge is 0.150 e. The lowest BCUT2D eigenvalue weighted by atomic mass is 9.91. The summed E-state index contributed by atoms with van der Waals surface area (Å²) in [5.41, 5.74) is 6.52. The van der Waals surface area contributed by atoms with Gasteiger partial charge in [0.05, 0.1) is 5.69 Å². The van der Waals surface area contributed by atoms with Gasteiger partial charge in [0.15, 0.2) is 0 Å². The van der Waals surface area contributed by atoms with Crippen molar-refractivity contribution in [1.29, 1.82) is 0 Å². The number of hydrogen-bond acceptors (Lipinski definition) is 1. The van der Waals surface area contributed by atoms with Crippen molar-refractivity contribution in [3.63, 3.8) is 0 Å². The van der Waals surface area contributed by atoms with Crippen molar-refractivity contribution in [2.75, 3.05) is 5.73 Å². The van der Waals surface area contributed by atoms with E-state index in [0.717, 1.165) is 5.39 Å². The molecule has 0 saturated heterocycles. The molecule has 0 aliphatic rings. The number of hydrogen-bond donors (Lipinski definition) is 1. The van der Waals surface area contributed by atoms with E-state index in [9.17, 15) is 8.78 Å².